The predicted octanol–water partition coefficient (Wildman–Crippen LogP) is 1.21. The maximum Gasteiger partial charge on any atom is 0.336 e. The summed E-state index contributed by atoms with van der Waals surface area (Å²) in [5, 5.41) is 9.02. The Balaban J connectivity index is 2.58. The second-order valence-corrected chi connectivity index (χ2v) is 3.97. The fourth-order valence-electron chi connectivity index (χ4n) is 1.33. The molecule has 0 aliphatic rings. The average Bonchev–Trinajstić information content (AvgIpc) is 2.77. The number of ether oxygens (including phenoxy) is 1. The zero-order valence-electron chi connectivity index (χ0n) is 8.76. The highest BCUT2D eigenvalue weighted by Gasteiger charge is 2.15. The van der Waals surface area contributed by atoms with Crippen LogP contribution in [0.1, 0.15) is 10.4 Å². The number of aromatic amines is 1. The zero-order chi connectivity index (χ0) is 12.4. The highest BCUT2D eigenvalue weighted by molar-refractivity contribution is 7.09. The van der Waals surface area contributed by atoms with Gasteiger partial charge >= 0.3 is 5.97 Å². The van der Waals surface area contributed by atoms with Crippen molar-refractivity contribution in [3.8, 4) is 16.3 Å². The molecule has 0 aromatic carbocycles. The van der Waals surface area contributed by atoms with Gasteiger partial charge in [0.1, 0.15) is 0 Å². The van der Waals surface area contributed by atoms with Gasteiger partial charge in [0, 0.05) is 23.9 Å². The number of carboxylic acid groups (broad SMARTS) is 1. The van der Waals surface area contributed by atoms with Gasteiger partial charge < -0.3 is 14.8 Å². The average molecular weight is 252 g/mol. The second-order valence-electron chi connectivity index (χ2n) is 3.16. The second kappa shape index (κ2) is 4.38. The Morgan fingerprint density at radius 1 is 1.53 bits per heavy atom. The van der Waals surface area contributed by atoms with Crippen LogP contribution in [-0.2, 0) is 0 Å². The number of carboxylic acids is 1. The number of carbonyl (C=O) groups is 1. The number of pyridine rings is 1. The van der Waals surface area contributed by atoms with Crippen LogP contribution in [-0.4, -0.2) is 27.5 Å². The van der Waals surface area contributed by atoms with E-state index in [0.717, 1.165) is 17.6 Å². The van der Waals surface area contributed by atoms with Gasteiger partial charge in [-0.3, -0.25) is 4.79 Å². The first-order valence-corrected chi connectivity index (χ1v) is 5.36. The molecule has 2 aromatic rings. The number of H-pyrrole nitrogens is 1. The first-order chi connectivity index (χ1) is 8.11. The van der Waals surface area contributed by atoms with Crippen LogP contribution in [0.4, 0.5) is 0 Å². The van der Waals surface area contributed by atoms with Gasteiger partial charge in [0.15, 0.2) is 0 Å². The van der Waals surface area contributed by atoms with Crippen molar-refractivity contribution in [2.45, 2.75) is 0 Å². The molecule has 2 aromatic heterocycles. The standard InChI is InChI=1S/C10H8N2O4S/c1-16-9-3-7(17-12-9)6-4-11-8(13)2-5(6)10(14)15/h2-4H,1H3,(H,11,13)(H,14,15). The third-order valence-corrected chi connectivity index (χ3v) is 2.92. The van der Waals surface area contributed by atoms with Crippen LogP contribution < -0.4 is 10.3 Å². The number of aromatic nitrogens is 2. The molecule has 2 N–H and O–H groups in total. The van der Waals surface area contributed by atoms with E-state index in [-0.39, 0.29) is 5.56 Å². The Labute approximate surface area is 99.7 Å². The van der Waals surface area contributed by atoms with Crippen LogP contribution in [0.2, 0.25) is 0 Å². The molecular formula is C10H8N2O4S. The summed E-state index contributed by atoms with van der Waals surface area (Å²) < 4.78 is 8.89. The van der Waals surface area contributed by atoms with Gasteiger partial charge in [0.05, 0.1) is 17.6 Å². The van der Waals surface area contributed by atoms with E-state index in [1.807, 2.05) is 0 Å². The maximum absolute atomic E-state index is 11.1. The quantitative estimate of drug-likeness (QED) is 0.856. The lowest BCUT2D eigenvalue weighted by Gasteiger charge is -2.01. The van der Waals surface area contributed by atoms with Gasteiger partial charge in [-0.25, -0.2) is 4.79 Å². The van der Waals surface area contributed by atoms with Crippen LogP contribution >= 0.6 is 11.5 Å². The lowest BCUT2D eigenvalue weighted by molar-refractivity contribution is 0.0697. The fraction of sp³-hybridized carbons (Fsp3) is 0.100. The van der Waals surface area contributed by atoms with Gasteiger partial charge in [-0.05, 0) is 11.5 Å². The lowest BCUT2D eigenvalue weighted by Crippen LogP contribution is -2.10. The summed E-state index contributed by atoms with van der Waals surface area (Å²) in [5.74, 6) is -0.744. The van der Waals surface area contributed by atoms with Gasteiger partial charge in [-0.2, -0.15) is 4.37 Å². The Morgan fingerprint density at radius 2 is 2.29 bits per heavy atom. The van der Waals surface area contributed by atoms with E-state index in [0.29, 0.717) is 16.3 Å². The summed E-state index contributed by atoms with van der Waals surface area (Å²) in [7, 11) is 1.48. The zero-order valence-corrected chi connectivity index (χ0v) is 9.58. The van der Waals surface area contributed by atoms with Crippen molar-refractivity contribution in [2.75, 3.05) is 7.11 Å². The molecule has 0 fully saturated rings. The van der Waals surface area contributed by atoms with E-state index in [9.17, 15) is 9.59 Å². The summed E-state index contributed by atoms with van der Waals surface area (Å²) in [4.78, 5) is 25.2. The van der Waals surface area contributed by atoms with Crippen molar-refractivity contribution in [2.24, 2.45) is 0 Å². The molecule has 2 rings (SSSR count). The number of methoxy groups -OCH3 is 1. The normalized spacial score (nSPS) is 10.2. The smallest absolute Gasteiger partial charge is 0.336 e. The minimum Gasteiger partial charge on any atom is -0.480 e. The first-order valence-electron chi connectivity index (χ1n) is 4.59. The fourth-order valence-corrected chi connectivity index (χ4v) is 2.07. The number of rotatable bonds is 3. The van der Waals surface area contributed by atoms with Gasteiger partial charge in [0.2, 0.25) is 11.4 Å². The Kier molecular flexibility index (Phi) is 2.92. The van der Waals surface area contributed by atoms with Crippen LogP contribution in [0.5, 0.6) is 5.88 Å². The van der Waals surface area contributed by atoms with E-state index in [1.165, 1.54) is 13.3 Å². The van der Waals surface area contributed by atoms with E-state index in [2.05, 4.69) is 9.36 Å². The first kappa shape index (κ1) is 11.3. The van der Waals surface area contributed by atoms with E-state index in [4.69, 9.17) is 9.84 Å². The number of nitrogens with one attached hydrogen (secondary N) is 1. The molecule has 17 heavy (non-hydrogen) atoms. The van der Waals surface area contributed by atoms with Crippen molar-refractivity contribution in [1.29, 1.82) is 0 Å². The molecule has 6 nitrogen and oxygen atoms in total. The Bertz CT molecular complexity index is 617. The molecule has 0 spiro atoms. The van der Waals surface area contributed by atoms with Gasteiger partial charge in [-0.15, -0.1) is 0 Å². The van der Waals surface area contributed by atoms with Crippen molar-refractivity contribution < 1.29 is 14.6 Å². The number of hydrogen-bond donors (Lipinski definition) is 2. The van der Waals surface area contributed by atoms with Crippen molar-refractivity contribution in [3.05, 3.63) is 34.2 Å². The summed E-state index contributed by atoms with van der Waals surface area (Å²) in [6.07, 6.45) is 1.36. The summed E-state index contributed by atoms with van der Waals surface area (Å²) in [6.45, 7) is 0. The van der Waals surface area contributed by atoms with Crippen LogP contribution in [0, 0.1) is 0 Å². The predicted molar refractivity (Wildman–Crippen MR) is 61.7 cm³/mol. The lowest BCUT2D eigenvalue weighted by atomic mass is 10.1. The number of nitrogens with zero attached hydrogens (tertiary/aromatic N) is 1. The Morgan fingerprint density at radius 3 is 2.88 bits per heavy atom. The summed E-state index contributed by atoms with van der Waals surface area (Å²) >= 11 is 1.10. The molecular weight excluding hydrogens is 244 g/mol. The van der Waals surface area contributed by atoms with E-state index in [1.54, 1.807) is 6.07 Å². The molecule has 0 unspecified atom stereocenters. The molecule has 0 aliphatic heterocycles. The molecule has 0 atom stereocenters. The third kappa shape index (κ3) is 2.18. The van der Waals surface area contributed by atoms with Crippen LogP contribution in [0.15, 0.2) is 23.1 Å². The van der Waals surface area contributed by atoms with Crippen molar-refractivity contribution >= 4 is 17.5 Å². The Hall–Kier alpha value is -2.15. The molecule has 0 saturated carbocycles. The molecule has 88 valence electrons. The largest absolute Gasteiger partial charge is 0.480 e. The van der Waals surface area contributed by atoms with Crippen LogP contribution in [0.3, 0.4) is 0 Å². The van der Waals surface area contributed by atoms with Gasteiger partial charge in [0.25, 0.3) is 0 Å². The van der Waals surface area contributed by atoms with Gasteiger partial charge in [-0.1, -0.05) is 0 Å². The van der Waals surface area contributed by atoms with E-state index >= 15 is 0 Å². The van der Waals surface area contributed by atoms with Crippen molar-refractivity contribution in [1.82, 2.24) is 9.36 Å². The van der Waals surface area contributed by atoms with Crippen LogP contribution in [0.25, 0.3) is 10.4 Å². The molecule has 0 bridgehead atoms. The van der Waals surface area contributed by atoms with E-state index < -0.39 is 11.5 Å². The highest BCUT2D eigenvalue weighted by Crippen LogP contribution is 2.29. The topological polar surface area (TPSA) is 92.3 Å². The molecule has 0 radical (unpaired) electrons. The molecule has 2 heterocycles. The minimum absolute atomic E-state index is 0.0555. The third-order valence-electron chi connectivity index (χ3n) is 2.12. The number of aromatic carboxylic acids is 1. The summed E-state index contributed by atoms with van der Waals surface area (Å²) in [6, 6.07) is 2.66. The molecule has 7 heteroatoms. The summed E-state index contributed by atoms with van der Waals surface area (Å²) in [5.41, 5.74) is -0.0967. The molecule has 0 amide bonds. The SMILES string of the molecule is COc1cc(-c2c[nH]c(=O)cc2C(=O)O)sn1. The maximum atomic E-state index is 11.1. The molecule has 0 saturated heterocycles. The molecule has 0 aliphatic carbocycles. The van der Waals surface area contributed by atoms with Crippen molar-refractivity contribution in [3.63, 3.8) is 0 Å². The minimum atomic E-state index is -1.15. The highest BCUT2D eigenvalue weighted by atomic mass is 32.1. The number of hydrogen-bond acceptors (Lipinski definition) is 5. The monoisotopic (exact) mass is 252 g/mol.